The summed E-state index contributed by atoms with van der Waals surface area (Å²) in [6.45, 7) is 0.0200. The fraction of sp³-hybridized carbons (Fsp3) is 0.118. The van der Waals surface area contributed by atoms with E-state index in [9.17, 15) is 9.59 Å². The molecule has 0 fully saturated rings. The van der Waals surface area contributed by atoms with Crippen LogP contribution in [0.25, 0.3) is 11.0 Å². The molecule has 2 heterocycles. The van der Waals surface area contributed by atoms with Gasteiger partial charge in [0.1, 0.15) is 6.54 Å². The van der Waals surface area contributed by atoms with Crippen LogP contribution in [-0.2, 0) is 9.59 Å². The van der Waals surface area contributed by atoms with Gasteiger partial charge < -0.3 is 15.2 Å². The van der Waals surface area contributed by atoms with Crippen molar-refractivity contribution in [2.24, 2.45) is 0 Å². The third-order valence-corrected chi connectivity index (χ3v) is 4.92. The van der Waals surface area contributed by atoms with Crippen LogP contribution in [0.4, 0.5) is 11.4 Å². The predicted molar refractivity (Wildman–Crippen MR) is 99.3 cm³/mol. The normalized spacial score (nSPS) is 13.6. The molecule has 8 heteroatoms. The Hall–Kier alpha value is -2.51. The van der Waals surface area contributed by atoms with Crippen molar-refractivity contribution in [2.45, 2.75) is 5.16 Å². The number of thioether (sulfide) groups is 1. The zero-order valence-corrected chi connectivity index (χ0v) is 14.5. The molecule has 25 heavy (non-hydrogen) atoms. The van der Waals surface area contributed by atoms with Crippen LogP contribution < -0.4 is 10.2 Å². The summed E-state index contributed by atoms with van der Waals surface area (Å²) in [6, 6.07) is 12.7. The van der Waals surface area contributed by atoms with Crippen LogP contribution in [0.3, 0.4) is 0 Å². The highest BCUT2D eigenvalue weighted by molar-refractivity contribution is 7.99. The molecule has 1 aromatic heterocycles. The summed E-state index contributed by atoms with van der Waals surface area (Å²) in [7, 11) is 0. The summed E-state index contributed by atoms with van der Waals surface area (Å²) in [5.41, 5.74) is 2.98. The number of benzene rings is 2. The van der Waals surface area contributed by atoms with Crippen molar-refractivity contribution in [1.82, 2.24) is 9.97 Å². The summed E-state index contributed by atoms with van der Waals surface area (Å²) < 4.78 is 0. The van der Waals surface area contributed by atoms with Gasteiger partial charge in [0, 0.05) is 5.02 Å². The molecular formula is C17H13ClN4O2S. The first-order valence-electron chi connectivity index (χ1n) is 7.57. The zero-order chi connectivity index (χ0) is 17.4. The molecule has 2 aromatic carbocycles. The van der Waals surface area contributed by atoms with Gasteiger partial charge in [0.25, 0.3) is 0 Å². The van der Waals surface area contributed by atoms with Crippen LogP contribution in [0.15, 0.2) is 47.6 Å². The number of hydrogen-bond acceptors (Lipinski definition) is 4. The Morgan fingerprint density at radius 1 is 1.28 bits per heavy atom. The minimum absolute atomic E-state index is 0.0200. The summed E-state index contributed by atoms with van der Waals surface area (Å²) in [5.74, 6) is -0.170. The highest BCUT2D eigenvalue weighted by atomic mass is 35.5. The number of carbonyl (C=O) groups excluding carboxylic acids is 2. The summed E-state index contributed by atoms with van der Waals surface area (Å²) in [6.07, 6.45) is 0. The molecule has 1 aliphatic rings. The van der Waals surface area contributed by atoms with E-state index in [1.165, 1.54) is 16.7 Å². The van der Waals surface area contributed by atoms with Crippen molar-refractivity contribution < 1.29 is 9.59 Å². The fourth-order valence-corrected chi connectivity index (χ4v) is 3.62. The largest absolute Gasteiger partial charge is 0.333 e. The van der Waals surface area contributed by atoms with Gasteiger partial charge in [-0.05, 0) is 30.3 Å². The lowest BCUT2D eigenvalue weighted by molar-refractivity contribution is -0.120. The van der Waals surface area contributed by atoms with E-state index in [2.05, 4.69) is 15.3 Å². The van der Waals surface area contributed by atoms with E-state index < -0.39 is 0 Å². The van der Waals surface area contributed by atoms with Crippen molar-refractivity contribution in [3.05, 3.63) is 47.5 Å². The molecule has 0 atom stereocenters. The van der Waals surface area contributed by atoms with Gasteiger partial charge in [-0.1, -0.05) is 35.5 Å². The molecule has 2 N–H and O–H groups in total. The van der Waals surface area contributed by atoms with Gasteiger partial charge >= 0.3 is 0 Å². The summed E-state index contributed by atoms with van der Waals surface area (Å²) in [5, 5.41) is 4.03. The van der Waals surface area contributed by atoms with Gasteiger partial charge in [0.15, 0.2) is 5.16 Å². The van der Waals surface area contributed by atoms with Crippen LogP contribution in [0.5, 0.6) is 0 Å². The Bertz CT molecular complexity index is 988. The number of para-hydroxylation sites is 2. The number of imidazole rings is 1. The maximum Gasteiger partial charge on any atom is 0.244 e. The maximum atomic E-state index is 12.6. The molecule has 1 aliphatic heterocycles. The molecule has 0 spiro atoms. The van der Waals surface area contributed by atoms with E-state index in [0.717, 1.165) is 11.0 Å². The van der Waals surface area contributed by atoms with E-state index >= 15 is 0 Å². The quantitative estimate of drug-likeness (QED) is 0.691. The van der Waals surface area contributed by atoms with Crippen molar-refractivity contribution in [2.75, 3.05) is 22.5 Å². The minimum atomic E-state index is -0.199. The molecule has 3 aromatic rings. The van der Waals surface area contributed by atoms with Crippen LogP contribution in [0.1, 0.15) is 0 Å². The standard InChI is InChI=1S/C17H13ClN4O2S/c18-10-5-6-11-13(7-10)21-17(20-11)25-9-16(24)22-8-15(23)19-12-3-1-2-4-14(12)22/h1-7H,8-9H2,(H,19,23)(H,20,21). The Kier molecular flexibility index (Phi) is 4.10. The average Bonchev–Trinajstić information content (AvgIpc) is 3.00. The average molecular weight is 373 g/mol. The topological polar surface area (TPSA) is 78.1 Å². The van der Waals surface area contributed by atoms with Gasteiger partial charge in [-0.25, -0.2) is 4.98 Å². The third-order valence-electron chi connectivity index (χ3n) is 3.83. The fourth-order valence-electron chi connectivity index (χ4n) is 2.69. The highest BCUT2D eigenvalue weighted by Crippen LogP contribution is 2.30. The van der Waals surface area contributed by atoms with Crippen molar-refractivity contribution in [1.29, 1.82) is 0 Å². The Morgan fingerprint density at radius 2 is 2.12 bits per heavy atom. The van der Waals surface area contributed by atoms with Crippen LogP contribution in [0.2, 0.25) is 5.02 Å². The number of hydrogen-bond donors (Lipinski definition) is 2. The second kappa shape index (κ2) is 6.42. The predicted octanol–water partition coefficient (Wildman–Crippen LogP) is 3.29. The van der Waals surface area contributed by atoms with Gasteiger partial charge in [0.2, 0.25) is 11.8 Å². The van der Waals surface area contributed by atoms with Gasteiger partial charge in [-0.15, -0.1) is 0 Å². The number of H-pyrrole nitrogens is 1. The molecule has 0 saturated heterocycles. The van der Waals surface area contributed by atoms with Crippen molar-refractivity contribution in [3.8, 4) is 0 Å². The number of rotatable bonds is 3. The number of fused-ring (bicyclic) bond motifs is 2. The van der Waals surface area contributed by atoms with E-state index in [4.69, 9.17) is 11.6 Å². The molecule has 0 radical (unpaired) electrons. The number of aromatic nitrogens is 2. The van der Waals surface area contributed by atoms with Gasteiger partial charge in [-0.3, -0.25) is 9.59 Å². The van der Waals surface area contributed by atoms with Crippen LogP contribution in [0, 0.1) is 0 Å². The van der Waals surface area contributed by atoms with Gasteiger partial charge in [-0.2, -0.15) is 0 Å². The number of carbonyl (C=O) groups is 2. The molecule has 0 aliphatic carbocycles. The van der Waals surface area contributed by atoms with Gasteiger partial charge in [0.05, 0.1) is 28.2 Å². The SMILES string of the molecule is O=C1CN(C(=O)CSc2nc3ccc(Cl)cc3[nH]2)c2ccccc2N1. The van der Waals surface area contributed by atoms with E-state index in [1.54, 1.807) is 18.2 Å². The Morgan fingerprint density at radius 3 is 3.00 bits per heavy atom. The van der Waals surface area contributed by atoms with E-state index in [0.29, 0.717) is 21.6 Å². The first-order chi connectivity index (χ1) is 12.1. The lowest BCUT2D eigenvalue weighted by atomic mass is 10.2. The highest BCUT2D eigenvalue weighted by Gasteiger charge is 2.26. The molecule has 126 valence electrons. The molecule has 2 amide bonds. The number of anilines is 2. The first-order valence-corrected chi connectivity index (χ1v) is 8.94. The Balaban J connectivity index is 1.51. The second-order valence-electron chi connectivity index (χ2n) is 5.54. The number of nitrogens with one attached hydrogen (secondary N) is 2. The van der Waals surface area contributed by atoms with Crippen LogP contribution >= 0.6 is 23.4 Å². The number of aromatic amines is 1. The molecular weight excluding hydrogens is 360 g/mol. The minimum Gasteiger partial charge on any atom is -0.333 e. The molecule has 0 unspecified atom stereocenters. The number of halogens is 1. The zero-order valence-electron chi connectivity index (χ0n) is 13.0. The van der Waals surface area contributed by atoms with Crippen molar-refractivity contribution in [3.63, 3.8) is 0 Å². The number of amides is 2. The monoisotopic (exact) mass is 372 g/mol. The van der Waals surface area contributed by atoms with E-state index in [-0.39, 0.29) is 24.1 Å². The second-order valence-corrected chi connectivity index (χ2v) is 6.94. The number of nitrogens with zero attached hydrogens (tertiary/aromatic N) is 2. The molecule has 6 nitrogen and oxygen atoms in total. The first kappa shape index (κ1) is 16.0. The smallest absolute Gasteiger partial charge is 0.244 e. The third kappa shape index (κ3) is 3.20. The summed E-state index contributed by atoms with van der Waals surface area (Å²) >= 11 is 7.26. The molecule has 4 rings (SSSR count). The lowest BCUT2D eigenvalue weighted by Crippen LogP contribution is -2.43. The Labute approximate surface area is 152 Å². The molecule has 0 bridgehead atoms. The summed E-state index contributed by atoms with van der Waals surface area (Å²) in [4.78, 5) is 33.5. The van der Waals surface area contributed by atoms with E-state index in [1.807, 2.05) is 24.3 Å². The molecule has 0 saturated carbocycles. The lowest BCUT2D eigenvalue weighted by Gasteiger charge is -2.28. The van der Waals surface area contributed by atoms with Crippen LogP contribution in [-0.4, -0.2) is 34.1 Å². The maximum absolute atomic E-state index is 12.6. The van der Waals surface area contributed by atoms with Crippen molar-refractivity contribution >= 4 is 57.6 Å².